The molecule has 1 atom stereocenters. The van der Waals surface area contributed by atoms with Crippen LogP contribution in [0, 0.1) is 0 Å². The lowest BCUT2D eigenvalue weighted by atomic mass is 10.1. The molecular formula is C16H14ClF3N2O2. The summed E-state index contributed by atoms with van der Waals surface area (Å²) in [6.45, 7) is 0.350. The fourth-order valence-electron chi connectivity index (χ4n) is 2.69. The summed E-state index contributed by atoms with van der Waals surface area (Å²) in [7, 11) is 1.64. The number of halogens is 4. The number of pyridine rings is 1. The highest BCUT2D eigenvalue weighted by molar-refractivity contribution is 6.17. The Kier molecular flexibility index (Phi) is 4.29. The molecule has 0 bridgehead atoms. The second-order valence-electron chi connectivity index (χ2n) is 5.63. The number of aromatic nitrogens is 1. The van der Waals surface area contributed by atoms with Crippen molar-refractivity contribution in [2.24, 2.45) is 0 Å². The summed E-state index contributed by atoms with van der Waals surface area (Å²) >= 11 is 5.77. The van der Waals surface area contributed by atoms with Crippen LogP contribution in [0.4, 0.5) is 13.2 Å². The van der Waals surface area contributed by atoms with E-state index in [1.165, 1.54) is 17.2 Å². The van der Waals surface area contributed by atoms with Gasteiger partial charge in [-0.2, -0.15) is 13.2 Å². The molecule has 0 radical (unpaired) electrons. The molecule has 1 aliphatic rings. The van der Waals surface area contributed by atoms with Gasteiger partial charge < -0.3 is 9.64 Å². The number of fused-ring (bicyclic) bond motifs is 3. The number of nitrogens with zero attached hydrogens (tertiary/aromatic N) is 2. The van der Waals surface area contributed by atoms with Crippen LogP contribution in [0.5, 0.6) is 5.75 Å². The molecular weight excluding hydrogens is 345 g/mol. The van der Waals surface area contributed by atoms with Crippen LogP contribution in [-0.4, -0.2) is 41.4 Å². The van der Waals surface area contributed by atoms with Crippen molar-refractivity contribution in [2.45, 2.75) is 18.7 Å². The van der Waals surface area contributed by atoms with E-state index in [1.807, 2.05) is 0 Å². The molecule has 0 saturated carbocycles. The Morgan fingerprint density at radius 2 is 2.17 bits per heavy atom. The Balaban J connectivity index is 2.16. The third kappa shape index (κ3) is 3.00. The maximum absolute atomic E-state index is 12.9. The fourth-order valence-corrected chi connectivity index (χ4v) is 2.94. The van der Waals surface area contributed by atoms with Gasteiger partial charge in [0.2, 0.25) is 0 Å². The van der Waals surface area contributed by atoms with Crippen molar-refractivity contribution in [2.75, 3.05) is 19.5 Å². The van der Waals surface area contributed by atoms with Crippen molar-refractivity contribution < 1.29 is 22.7 Å². The summed E-state index contributed by atoms with van der Waals surface area (Å²) in [6.07, 6.45) is -3.01. The molecule has 1 aliphatic heterocycles. The van der Waals surface area contributed by atoms with Crippen LogP contribution in [0.3, 0.4) is 0 Å². The number of hydrogen-bond donors (Lipinski definition) is 0. The van der Waals surface area contributed by atoms with E-state index < -0.39 is 11.7 Å². The molecule has 2 heterocycles. The smallest absolute Gasteiger partial charge is 0.416 e. The molecule has 0 spiro atoms. The lowest BCUT2D eigenvalue weighted by Gasteiger charge is -2.19. The number of rotatable bonds is 2. The molecule has 0 saturated heterocycles. The van der Waals surface area contributed by atoms with Crippen molar-refractivity contribution in [3.8, 4) is 5.75 Å². The van der Waals surface area contributed by atoms with Crippen molar-refractivity contribution >= 4 is 28.4 Å². The average Bonchev–Trinajstić information content (AvgIpc) is 2.64. The summed E-state index contributed by atoms with van der Waals surface area (Å²) in [4.78, 5) is 18.0. The first-order valence-electron chi connectivity index (χ1n) is 7.29. The van der Waals surface area contributed by atoms with Gasteiger partial charge in [0.15, 0.2) is 0 Å². The van der Waals surface area contributed by atoms with Gasteiger partial charge in [0.05, 0.1) is 17.6 Å². The standard InChI is InChI=1S/C16H14ClF3N2O2/c1-22-8-10(4-5-17)24-14-11-3-2-9(16(18,19)20)6-13(11)21-7-12(14)15(22)23/h2-3,6-7,10H,4-5,8H2,1H3. The largest absolute Gasteiger partial charge is 0.487 e. The summed E-state index contributed by atoms with van der Waals surface area (Å²) in [5.41, 5.74) is -0.427. The second kappa shape index (κ2) is 6.12. The number of ether oxygens (including phenoxy) is 1. The zero-order chi connectivity index (χ0) is 17.5. The van der Waals surface area contributed by atoms with Crippen molar-refractivity contribution in [3.05, 3.63) is 35.5 Å². The van der Waals surface area contributed by atoms with E-state index in [4.69, 9.17) is 16.3 Å². The maximum Gasteiger partial charge on any atom is 0.416 e. The van der Waals surface area contributed by atoms with Crippen molar-refractivity contribution in [1.29, 1.82) is 0 Å². The molecule has 1 aromatic heterocycles. The number of carbonyl (C=O) groups is 1. The van der Waals surface area contributed by atoms with Gasteiger partial charge in [-0.15, -0.1) is 11.6 Å². The zero-order valence-electron chi connectivity index (χ0n) is 12.7. The van der Waals surface area contributed by atoms with E-state index in [1.54, 1.807) is 7.05 Å². The van der Waals surface area contributed by atoms with Gasteiger partial charge in [-0.05, 0) is 24.6 Å². The first-order chi connectivity index (χ1) is 11.3. The summed E-state index contributed by atoms with van der Waals surface area (Å²) in [5, 5.41) is 0.378. The number of hydrogen-bond acceptors (Lipinski definition) is 3. The predicted octanol–water partition coefficient (Wildman–Crippen LogP) is 3.72. The highest BCUT2D eigenvalue weighted by Gasteiger charge is 2.32. The third-order valence-corrected chi connectivity index (χ3v) is 4.14. The maximum atomic E-state index is 12.9. The van der Waals surface area contributed by atoms with E-state index >= 15 is 0 Å². The fraction of sp³-hybridized carbons (Fsp3) is 0.375. The molecule has 4 nitrogen and oxygen atoms in total. The van der Waals surface area contributed by atoms with E-state index in [0.29, 0.717) is 24.2 Å². The Labute approximate surface area is 141 Å². The minimum Gasteiger partial charge on any atom is -0.487 e. The van der Waals surface area contributed by atoms with Gasteiger partial charge in [-0.1, -0.05) is 0 Å². The molecule has 1 amide bonds. The number of benzene rings is 1. The summed E-state index contributed by atoms with van der Waals surface area (Å²) in [5.74, 6) is 0.332. The Morgan fingerprint density at radius 3 is 2.83 bits per heavy atom. The van der Waals surface area contributed by atoms with Crippen molar-refractivity contribution in [3.63, 3.8) is 0 Å². The lowest BCUT2D eigenvalue weighted by Crippen LogP contribution is -2.34. The molecule has 0 N–H and O–H groups in total. The quantitative estimate of drug-likeness (QED) is 0.768. The van der Waals surface area contributed by atoms with E-state index in [2.05, 4.69) is 4.98 Å². The molecule has 128 valence electrons. The molecule has 2 aromatic rings. The average molecular weight is 359 g/mol. The van der Waals surface area contributed by atoms with Crippen LogP contribution in [0.1, 0.15) is 22.3 Å². The van der Waals surface area contributed by atoms with Crippen LogP contribution in [0.15, 0.2) is 24.4 Å². The first kappa shape index (κ1) is 16.8. The SMILES string of the molecule is CN1CC(CCCl)Oc2c(cnc3cc(C(F)(F)F)ccc23)C1=O. The van der Waals surface area contributed by atoms with Crippen LogP contribution in [-0.2, 0) is 6.18 Å². The van der Waals surface area contributed by atoms with Crippen LogP contribution in [0.2, 0.25) is 0 Å². The van der Waals surface area contributed by atoms with E-state index in [0.717, 1.165) is 12.1 Å². The monoisotopic (exact) mass is 358 g/mol. The van der Waals surface area contributed by atoms with Gasteiger partial charge in [0, 0.05) is 24.5 Å². The van der Waals surface area contributed by atoms with E-state index in [-0.39, 0.29) is 28.8 Å². The Hall–Kier alpha value is -2.02. The van der Waals surface area contributed by atoms with Crippen molar-refractivity contribution in [1.82, 2.24) is 9.88 Å². The summed E-state index contributed by atoms with van der Waals surface area (Å²) in [6, 6.07) is 3.21. The predicted molar refractivity (Wildman–Crippen MR) is 83.5 cm³/mol. The van der Waals surface area contributed by atoms with Crippen LogP contribution >= 0.6 is 11.6 Å². The van der Waals surface area contributed by atoms with Gasteiger partial charge in [-0.3, -0.25) is 9.78 Å². The highest BCUT2D eigenvalue weighted by atomic mass is 35.5. The first-order valence-corrected chi connectivity index (χ1v) is 7.82. The Bertz CT molecular complexity index is 795. The molecule has 24 heavy (non-hydrogen) atoms. The number of carbonyl (C=O) groups excluding carboxylic acids is 1. The van der Waals surface area contributed by atoms with Crippen LogP contribution in [0.25, 0.3) is 10.9 Å². The molecule has 1 unspecified atom stereocenters. The minimum atomic E-state index is -4.46. The molecule has 0 aliphatic carbocycles. The number of likely N-dealkylation sites (N-methyl/N-ethyl adjacent to an activating group) is 1. The Morgan fingerprint density at radius 1 is 1.42 bits per heavy atom. The second-order valence-corrected chi connectivity index (χ2v) is 6.01. The van der Waals surface area contributed by atoms with Gasteiger partial charge in [-0.25, -0.2) is 0 Å². The zero-order valence-corrected chi connectivity index (χ0v) is 13.5. The topological polar surface area (TPSA) is 42.4 Å². The van der Waals surface area contributed by atoms with E-state index in [9.17, 15) is 18.0 Å². The molecule has 8 heteroatoms. The van der Waals surface area contributed by atoms with Gasteiger partial charge in [0.1, 0.15) is 17.4 Å². The van der Waals surface area contributed by atoms with Crippen LogP contribution < -0.4 is 4.74 Å². The third-order valence-electron chi connectivity index (χ3n) is 3.92. The molecule has 0 fully saturated rings. The van der Waals surface area contributed by atoms with Gasteiger partial charge >= 0.3 is 6.18 Å². The normalized spacial score (nSPS) is 18.3. The van der Waals surface area contributed by atoms with Gasteiger partial charge in [0.25, 0.3) is 5.91 Å². The minimum absolute atomic E-state index is 0.130. The molecule has 3 rings (SSSR count). The molecule has 1 aromatic carbocycles. The number of amides is 1. The number of alkyl halides is 4. The summed E-state index contributed by atoms with van der Waals surface area (Å²) < 4.78 is 44.5. The highest BCUT2D eigenvalue weighted by Crippen LogP contribution is 2.36. The lowest BCUT2D eigenvalue weighted by molar-refractivity contribution is -0.137.